The lowest BCUT2D eigenvalue weighted by atomic mass is 9.97. The zero-order valence-corrected chi connectivity index (χ0v) is 12.7. The van der Waals surface area contributed by atoms with E-state index in [1.54, 1.807) is 0 Å². The van der Waals surface area contributed by atoms with Gasteiger partial charge in [0.2, 0.25) is 0 Å². The third kappa shape index (κ3) is 4.30. The number of aliphatic hydroxyl groups excluding tert-OH is 2. The number of benzene rings is 1. The van der Waals surface area contributed by atoms with E-state index in [-0.39, 0.29) is 6.10 Å². The molecular formula is C17H27NO2. The van der Waals surface area contributed by atoms with Crippen LogP contribution in [0, 0.1) is 19.8 Å². The standard InChI is InChI=1S/C17H27NO2/c1-13-9-14(2)11-16(10-13)17(20)5-8-18-6-3-15(12-19)4-7-18/h9-11,15,17,19-20H,3-8,12H2,1-2H3. The summed E-state index contributed by atoms with van der Waals surface area (Å²) in [4.78, 5) is 2.40. The first-order chi connectivity index (χ1) is 9.58. The van der Waals surface area contributed by atoms with Crippen molar-refractivity contribution in [2.45, 2.75) is 39.2 Å². The zero-order valence-electron chi connectivity index (χ0n) is 12.7. The third-order valence-corrected chi connectivity index (χ3v) is 4.31. The lowest BCUT2D eigenvalue weighted by Crippen LogP contribution is -2.35. The number of rotatable bonds is 5. The second-order valence-electron chi connectivity index (χ2n) is 6.19. The van der Waals surface area contributed by atoms with Crippen LogP contribution >= 0.6 is 0 Å². The Kier molecular flexibility index (Phi) is 5.58. The summed E-state index contributed by atoms with van der Waals surface area (Å²) in [6.07, 6.45) is 2.57. The topological polar surface area (TPSA) is 43.7 Å². The van der Waals surface area contributed by atoms with Crippen molar-refractivity contribution >= 4 is 0 Å². The van der Waals surface area contributed by atoms with Gasteiger partial charge in [0.25, 0.3) is 0 Å². The van der Waals surface area contributed by atoms with E-state index in [0.29, 0.717) is 12.5 Å². The predicted octanol–water partition coefficient (Wildman–Crippen LogP) is 2.43. The highest BCUT2D eigenvalue weighted by Gasteiger charge is 2.19. The van der Waals surface area contributed by atoms with Crippen molar-refractivity contribution in [3.63, 3.8) is 0 Å². The third-order valence-electron chi connectivity index (χ3n) is 4.31. The van der Waals surface area contributed by atoms with E-state index in [0.717, 1.165) is 44.5 Å². The molecule has 2 N–H and O–H groups in total. The van der Waals surface area contributed by atoms with Crippen molar-refractivity contribution in [1.29, 1.82) is 0 Å². The Morgan fingerprint density at radius 3 is 2.30 bits per heavy atom. The van der Waals surface area contributed by atoms with Crippen LogP contribution in [0.3, 0.4) is 0 Å². The fraction of sp³-hybridized carbons (Fsp3) is 0.647. The Balaban J connectivity index is 1.81. The van der Waals surface area contributed by atoms with Gasteiger partial charge in [0.05, 0.1) is 6.10 Å². The second kappa shape index (κ2) is 7.21. The van der Waals surface area contributed by atoms with Gasteiger partial charge in [-0.05, 0) is 57.7 Å². The molecule has 0 radical (unpaired) electrons. The maximum Gasteiger partial charge on any atom is 0.0802 e. The predicted molar refractivity (Wildman–Crippen MR) is 81.7 cm³/mol. The molecule has 1 fully saturated rings. The monoisotopic (exact) mass is 277 g/mol. The molecule has 2 rings (SSSR count). The van der Waals surface area contributed by atoms with Gasteiger partial charge in [-0.2, -0.15) is 0 Å². The first-order valence-corrected chi connectivity index (χ1v) is 7.68. The minimum Gasteiger partial charge on any atom is -0.396 e. The van der Waals surface area contributed by atoms with Crippen LogP contribution in [0.5, 0.6) is 0 Å². The van der Waals surface area contributed by atoms with Crippen molar-refractivity contribution < 1.29 is 10.2 Å². The molecule has 3 nitrogen and oxygen atoms in total. The Morgan fingerprint density at radius 1 is 1.15 bits per heavy atom. The van der Waals surface area contributed by atoms with E-state index in [9.17, 15) is 5.11 Å². The van der Waals surface area contributed by atoms with Gasteiger partial charge in [0, 0.05) is 13.2 Å². The molecule has 1 aromatic carbocycles. The number of likely N-dealkylation sites (tertiary alicyclic amines) is 1. The molecule has 0 spiro atoms. The van der Waals surface area contributed by atoms with Crippen LogP contribution in [0.15, 0.2) is 18.2 Å². The van der Waals surface area contributed by atoms with Gasteiger partial charge in [0.1, 0.15) is 0 Å². The van der Waals surface area contributed by atoms with E-state index in [1.165, 1.54) is 11.1 Å². The van der Waals surface area contributed by atoms with E-state index >= 15 is 0 Å². The minimum atomic E-state index is -0.371. The smallest absolute Gasteiger partial charge is 0.0802 e. The quantitative estimate of drug-likeness (QED) is 0.869. The van der Waals surface area contributed by atoms with Crippen molar-refractivity contribution in [3.8, 4) is 0 Å². The van der Waals surface area contributed by atoms with E-state index < -0.39 is 0 Å². The van der Waals surface area contributed by atoms with Crippen molar-refractivity contribution in [2.75, 3.05) is 26.2 Å². The van der Waals surface area contributed by atoms with E-state index in [1.807, 2.05) is 0 Å². The number of aliphatic hydroxyl groups is 2. The first-order valence-electron chi connectivity index (χ1n) is 7.68. The summed E-state index contributed by atoms with van der Waals surface area (Å²) >= 11 is 0. The van der Waals surface area contributed by atoms with Gasteiger partial charge in [-0.15, -0.1) is 0 Å². The van der Waals surface area contributed by atoms with Crippen LogP contribution in [0.4, 0.5) is 0 Å². The van der Waals surface area contributed by atoms with Crippen molar-refractivity contribution in [1.82, 2.24) is 4.90 Å². The highest BCUT2D eigenvalue weighted by Crippen LogP contribution is 2.22. The Hall–Kier alpha value is -0.900. The molecule has 0 aliphatic carbocycles. The molecule has 1 heterocycles. The highest BCUT2D eigenvalue weighted by molar-refractivity contribution is 5.29. The largest absolute Gasteiger partial charge is 0.396 e. The van der Waals surface area contributed by atoms with Gasteiger partial charge < -0.3 is 15.1 Å². The number of hydrogen-bond acceptors (Lipinski definition) is 3. The summed E-state index contributed by atoms with van der Waals surface area (Å²) in [5, 5.41) is 19.5. The minimum absolute atomic E-state index is 0.318. The van der Waals surface area contributed by atoms with E-state index in [4.69, 9.17) is 5.11 Å². The summed E-state index contributed by atoms with van der Waals surface area (Å²) in [6.45, 7) is 7.49. The highest BCUT2D eigenvalue weighted by atomic mass is 16.3. The maximum absolute atomic E-state index is 10.3. The lowest BCUT2D eigenvalue weighted by Gasteiger charge is -2.31. The molecule has 20 heavy (non-hydrogen) atoms. The van der Waals surface area contributed by atoms with Crippen LogP contribution in [-0.4, -0.2) is 41.4 Å². The van der Waals surface area contributed by atoms with Gasteiger partial charge in [-0.25, -0.2) is 0 Å². The average Bonchev–Trinajstić information content (AvgIpc) is 2.44. The summed E-state index contributed by atoms with van der Waals surface area (Å²) in [5.41, 5.74) is 3.46. The summed E-state index contributed by atoms with van der Waals surface area (Å²) in [6, 6.07) is 6.29. The molecule has 0 aromatic heterocycles. The van der Waals surface area contributed by atoms with Crippen LogP contribution in [-0.2, 0) is 0 Å². The molecular weight excluding hydrogens is 250 g/mol. The first kappa shape index (κ1) is 15.5. The fourth-order valence-corrected chi connectivity index (χ4v) is 3.07. The molecule has 3 heteroatoms. The summed E-state index contributed by atoms with van der Waals surface area (Å²) in [5.74, 6) is 0.482. The van der Waals surface area contributed by atoms with Gasteiger partial charge in [-0.1, -0.05) is 29.3 Å². The molecule has 0 amide bonds. The molecule has 0 bridgehead atoms. The van der Waals surface area contributed by atoms with Crippen LogP contribution in [0.2, 0.25) is 0 Å². The number of aryl methyl sites for hydroxylation is 2. The fourth-order valence-electron chi connectivity index (χ4n) is 3.07. The molecule has 112 valence electrons. The molecule has 1 aromatic rings. The van der Waals surface area contributed by atoms with Crippen LogP contribution < -0.4 is 0 Å². The van der Waals surface area contributed by atoms with Gasteiger partial charge >= 0.3 is 0 Å². The molecule has 1 saturated heterocycles. The van der Waals surface area contributed by atoms with E-state index in [2.05, 4.69) is 36.9 Å². The van der Waals surface area contributed by atoms with Crippen molar-refractivity contribution in [3.05, 3.63) is 34.9 Å². The van der Waals surface area contributed by atoms with Gasteiger partial charge in [-0.3, -0.25) is 0 Å². The Bertz CT molecular complexity index is 405. The molecule has 0 saturated carbocycles. The summed E-state index contributed by atoms with van der Waals surface area (Å²) in [7, 11) is 0. The molecule has 1 unspecified atom stereocenters. The normalized spacial score (nSPS) is 19.2. The Labute approximate surface area is 122 Å². The number of hydrogen-bond donors (Lipinski definition) is 2. The SMILES string of the molecule is Cc1cc(C)cc(C(O)CCN2CCC(CO)CC2)c1. The Morgan fingerprint density at radius 2 is 1.75 bits per heavy atom. The van der Waals surface area contributed by atoms with Gasteiger partial charge in [0.15, 0.2) is 0 Å². The molecule has 1 aliphatic heterocycles. The summed E-state index contributed by atoms with van der Waals surface area (Å²) < 4.78 is 0. The van der Waals surface area contributed by atoms with Crippen molar-refractivity contribution in [2.24, 2.45) is 5.92 Å². The molecule has 1 atom stereocenters. The maximum atomic E-state index is 10.3. The lowest BCUT2D eigenvalue weighted by molar-refractivity contribution is 0.105. The number of nitrogens with zero attached hydrogens (tertiary/aromatic N) is 1. The zero-order chi connectivity index (χ0) is 14.5. The number of piperidine rings is 1. The van der Waals surface area contributed by atoms with Crippen LogP contribution in [0.25, 0.3) is 0 Å². The van der Waals surface area contributed by atoms with Crippen LogP contribution in [0.1, 0.15) is 42.1 Å². The molecule has 1 aliphatic rings. The second-order valence-corrected chi connectivity index (χ2v) is 6.19. The average molecular weight is 277 g/mol.